The first-order valence-corrected chi connectivity index (χ1v) is 4.76. The molecule has 1 heterocycles. The van der Waals surface area contributed by atoms with Crippen LogP contribution in [0.2, 0.25) is 0 Å². The number of furan rings is 1. The van der Waals surface area contributed by atoms with Crippen LogP contribution in [0.15, 0.2) is 27.3 Å². The van der Waals surface area contributed by atoms with Crippen LogP contribution in [-0.2, 0) is 0 Å². The highest BCUT2D eigenvalue weighted by molar-refractivity contribution is 9.10. The summed E-state index contributed by atoms with van der Waals surface area (Å²) in [5.41, 5.74) is 1.20. The molecule has 0 aliphatic carbocycles. The van der Waals surface area contributed by atoms with Gasteiger partial charge in [0.25, 0.3) is 0 Å². The Balaban J connectivity index is 2.86. The van der Waals surface area contributed by atoms with E-state index in [2.05, 4.69) is 15.9 Å². The summed E-state index contributed by atoms with van der Waals surface area (Å²) in [5, 5.41) is 0.839. The third-order valence-electron chi connectivity index (χ3n) is 2.01. The number of carbonyl (C=O) groups is 1. The number of hydrogen-bond donors (Lipinski definition) is 0. The zero-order valence-electron chi connectivity index (χ0n) is 7.41. The van der Waals surface area contributed by atoms with Crippen LogP contribution in [0.4, 0.5) is 0 Å². The van der Waals surface area contributed by atoms with E-state index in [1.165, 1.54) is 0 Å². The first kappa shape index (κ1) is 9.27. The number of ether oxygens (including phenoxy) is 1. The average molecular weight is 255 g/mol. The molecule has 0 radical (unpaired) electrons. The zero-order chi connectivity index (χ0) is 10.1. The first-order chi connectivity index (χ1) is 6.77. The Hall–Kier alpha value is -1.29. The molecule has 0 N–H and O–H groups in total. The van der Waals surface area contributed by atoms with E-state index in [0.717, 1.165) is 16.1 Å². The minimum absolute atomic E-state index is 0.552. The quantitative estimate of drug-likeness (QED) is 0.774. The van der Waals surface area contributed by atoms with Gasteiger partial charge in [-0.25, -0.2) is 0 Å². The monoisotopic (exact) mass is 254 g/mol. The minimum Gasteiger partial charge on any atom is -0.493 e. The summed E-state index contributed by atoms with van der Waals surface area (Å²) < 4.78 is 11.1. The van der Waals surface area contributed by atoms with Crippen LogP contribution >= 0.6 is 15.9 Å². The smallest absolute Gasteiger partial charge is 0.176 e. The molecule has 0 aliphatic heterocycles. The van der Waals surface area contributed by atoms with Crippen LogP contribution in [0.5, 0.6) is 5.75 Å². The fraction of sp³-hybridized carbons (Fsp3) is 0.100. The molecular weight excluding hydrogens is 248 g/mol. The Bertz CT molecular complexity index is 487. The number of fused-ring (bicyclic) bond motifs is 1. The maximum absolute atomic E-state index is 10.7. The van der Waals surface area contributed by atoms with Crippen LogP contribution in [0.1, 0.15) is 10.4 Å². The molecule has 0 bridgehead atoms. The van der Waals surface area contributed by atoms with Gasteiger partial charge in [-0.05, 0) is 28.1 Å². The molecule has 2 aromatic rings. The molecule has 0 saturated heterocycles. The standard InChI is InChI=1S/C10H7BrO3/c1-13-8-4-6(5-12)9(11)7-2-3-14-10(7)8/h2-5H,1H3. The highest BCUT2D eigenvalue weighted by Crippen LogP contribution is 2.34. The lowest BCUT2D eigenvalue weighted by Gasteiger charge is -2.03. The number of hydrogen-bond acceptors (Lipinski definition) is 3. The number of benzene rings is 1. The second kappa shape index (κ2) is 3.46. The van der Waals surface area contributed by atoms with Gasteiger partial charge in [0.05, 0.1) is 13.4 Å². The van der Waals surface area contributed by atoms with Gasteiger partial charge in [0.1, 0.15) is 0 Å². The van der Waals surface area contributed by atoms with Gasteiger partial charge >= 0.3 is 0 Å². The summed E-state index contributed by atoms with van der Waals surface area (Å²) in [6, 6.07) is 3.43. The SMILES string of the molecule is COc1cc(C=O)c(Br)c2ccoc12. The van der Waals surface area contributed by atoms with Gasteiger partial charge in [-0.1, -0.05) is 0 Å². The molecular formula is C10H7BrO3. The predicted molar refractivity (Wildman–Crippen MR) is 55.9 cm³/mol. The van der Waals surface area contributed by atoms with Gasteiger partial charge < -0.3 is 9.15 Å². The lowest BCUT2D eigenvalue weighted by molar-refractivity contribution is 0.112. The summed E-state index contributed by atoms with van der Waals surface area (Å²) in [5.74, 6) is 0.565. The van der Waals surface area contributed by atoms with Crippen molar-refractivity contribution in [3.63, 3.8) is 0 Å². The van der Waals surface area contributed by atoms with Crippen molar-refractivity contribution in [1.82, 2.24) is 0 Å². The summed E-state index contributed by atoms with van der Waals surface area (Å²) in [6.45, 7) is 0. The number of rotatable bonds is 2. The van der Waals surface area contributed by atoms with Crippen molar-refractivity contribution in [3.8, 4) is 5.75 Å². The van der Waals surface area contributed by atoms with E-state index in [0.29, 0.717) is 16.9 Å². The van der Waals surface area contributed by atoms with E-state index in [4.69, 9.17) is 9.15 Å². The van der Waals surface area contributed by atoms with Crippen LogP contribution in [-0.4, -0.2) is 13.4 Å². The van der Waals surface area contributed by atoms with Gasteiger partial charge in [-0.2, -0.15) is 0 Å². The predicted octanol–water partition coefficient (Wildman–Crippen LogP) is 3.02. The van der Waals surface area contributed by atoms with Crippen LogP contribution in [0, 0.1) is 0 Å². The molecule has 0 aliphatic rings. The topological polar surface area (TPSA) is 39.4 Å². The van der Waals surface area contributed by atoms with Crippen molar-refractivity contribution in [2.45, 2.75) is 0 Å². The summed E-state index contributed by atoms with van der Waals surface area (Å²) in [7, 11) is 1.54. The Labute approximate surface area is 88.8 Å². The maximum atomic E-state index is 10.7. The van der Waals surface area contributed by atoms with E-state index >= 15 is 0 Å². The van der Waals surface area contributed by atoms with E-state index < -0.39 is 0 Å². The van der Waals surface area contributed by atoms with Crippen molar-refractivity contribution in [1.29, 1.82) is 0 Å². The molecule has 0 atom stereocenters. The summed E-state index contributed by atoms with van der Waals surface area (Å²) >= 11 is 3.34. The van der Waals surface area contributed by atoms with Crippen molar-refractivity contribution in [3.05, 3.63) is 28.4 Å². The molecule has 0 fully saturated rings. The molecule has 2 rings (SSSR count). The normalized spacial score (nSPS) is 10.4. The summed E-state index contributed by atoms with van der Waals surface area (Å²) in [6.07, 6.45) is 2.34. The number of aldehydes is 1. The molecule has 1 aromatic carbocycles. The Morgan fingerprint density at radius 1 is 1.57 bits per heavy atom. The Morgan fingerprint density at radius 3 is 3.00 bits per heavy atom. The van der Waals surface area contributed by atoms with E-state index in [-0.39, 0.29) is 0 Å². The highest BCUT2D eigenvalue weighted by atomic mass is 79.9. The van der Waals surface area contributed by atoms with Gasteiger partial charge in [0.15, 0.2) is 17.6 Å². The fourth-order valence-electron chi connectivity index (χ4n) is 1.34. The van der Waals surface area contributed by atoms with Crippen LogP contribution in [0.3, 0.4) is 0 Å². The first-order valence-electron chi connectivity index (χ1n) is 3.96. The zero-order valence-corrected chi connectivity index (χ0v) is 9.00. The van der Waals surface area contributed by atoms with Crippen molar-refractivity contribution < 1.29 is 13.9 Å². The molecule has 0 unspecified atom stereocenters. The summed E-state index contributed by atoms with van der Waals surface area (Å²) in [4.78, 5) is 10.7. The largest absolute Gasteiger partial charge is 0.493 e. The Kier molecular flexibility index (Phi) is 2.29. The minimum atomic E-state index is 0.552. The van der Waals surface area contributed by atoms with E-state index in [1.54, 1.807) is 25.5 Å². The lowest BCUT2D eigenvalue weighted by atomic mass is 10.1. The molecule has 3 nitrogen and oxygen atoms in total. The van der Waals surface area contributed by atoms with E-state index in [1.807, 2.05) is 0 Å². The van der Waals surface area contributed by atoms with Crippen LogP contribution < -0.4 is 4.74 Å². The third-order valence-corrected chi connectivity index (χ3v) is 2.90. The number of halogens is 1. The molecule has 0 spiro atoms. The molecule has 72 valence electrons. The van der Waals surface area contributed by atoms with E-state index in [9.17, 15) is 4.79 Å². The van der Waals surface area contributed by atoms with Gasteiger partial charge in [-0.3, -0.25) is 4.79 Å². The van der Waals surface area contributed by atoms with Gasteiger partial charge in [0, 0.05) is 15.4 Å². The second-order valence-corrected chi connectivity index (χ2v) is 3.56. The molecule has 0 amide bonds. The maximum Gasteiger partial charge on any atom is 0.176 e. The van der Waals surface area contributed by atoms with Gasteiger partial charge in [0.2, 0.25) is 0 Å². The van der Waals surface area contributed by atoms with Crippen molar-refractivity contribution >= 4 is 33.2 Å². The number of methoxy groups -OCH3 is 1. The molecule has 4 heteroatoms. The highest BCUT2D eigenvalue weighted by Gasteiger charge is 2.12. The lowest BCUT2D eigenvalue weighted by Crippen LogP contribution is -1.88. The molecule has 1 aromatic heterocycles. The second-order valence-electron chi connectivity index (χ2n) is 2.76. The van der Waals surface area contributed by atoms with Gasteiger partial charge in [-0.15, -0.1) is 0 Å². The third kappa shape index (κ3) is 1.23. The number of carbonyl (C=O) groups excluding carboxylic acids is 1. The van der Waals surface area contributed by atoms with Crippen molar-refractivity contribution in [2.24, 2.45) is 0 Å². The molecule has 0 saturated carbocycles. The van der Waals surface area contributed by atoms with Crippen molar-refractivity contribution in [2.75, 3.05) is 7.11 Å². The molecule has 14 heavy (non-hydrogen) atoms. The van der Waals surface area contributed by atoms with Crippen LogP contribution in [0.25, 0.3) is 11.0 Å². The fourth-order valence-corrected chi connectivity index (χ4v) is 1.86. The average Bonchev–Trinajstić information content (AvgIpc) is 2.68. The Morgan fingerprint density at radius 2 is 2.36 bits per heavy atom.